The summed E-state index contributed by atoms with van der Waals surface area (Å²) in [5, 5.41) is 12.1. The zero-order valence-electron chi connectivity index (χ0n) is 21.4. The predicted octanol–water partition coefficient (Wildman–Crippen LogP) is 5.68. The third kappa shape index (κ3) is 7.18. The molecule has 2 heterocycles. The van der Waals surface area contributed by atoms with Crippen LogP contribution in [0.3, 0.4) is 0 Å². The van der Waals surface area contributed by atoms with E-state index in [-0.39, 0.29) is 47.0 Å². The van der Waals surface area contributed by atoms with E-state index in [1.165, 1.54) is 18.2 Å². The lowest BCUT2D eigenvalue weighted by atomic mass is 9.94. The maximum Gasteiger partial charge on any atom is 0.419 e. The molecule has 3 N–H and O–H groups in total. The highest BCUT2D eigenvalue weighted by molar-refractivity contribution is 5.77. The molecule has 1 aliphatic rings. The monoisotopic (exact) mass is 519 g/mol. The fraction of sp³-hybridized carbons (Fsp3) is 0.500. The van der Waals surface area contributed by atoms with Crippen molar-refractivity contribution in [3.8, 4) is 23.1 Å². The third-order valence-corrected chi connectivity index (χ3v) is 6.06. The molecule has 1 aromatic carbocycles. The molecule has 0 radical (unpaired) electrons. The summed E-state index contributed by atoms with van der Waals surface area (Å²) in [6.07, 6.45) is -2.98. The molecule has 0 atom stereocenters. The largest absolute Gasteiger partial charge is 0.493 e. The molecule has 1 saturated heterocycles. The first-order chi connectivity index (χ1) is 17.3. The van der Waals surface area contributed by atoms with E-state index < -0.39 is 17.3 Å². The van der Waals surface area contributed by atoms with Gasteiger partial charge in [-0.15, -0.1) is 0 Å². The summed E-state index contributed by atoms with van der Waals surface area (Å²) < 4.78 is 52.6. The van der Waals surface area contributed by atoms with Crippen LogP contribution in [0.15, 0.2) is 24.3 Å². The Morgan fingerprint density at radius 2 is 1.92 bits per heavy atom. The number of nitrogen functional groups attached to an aromatic ring is 1. The molecule has 1 amide bonds. The van der Waals surface area contributed by atoms with Gasteiger partial charge in [-0.05, 0) is 70.2 Å². The fourth-order valence-electron chi connectivity index (χ4n) is 4.10. The number of hydrogen-bond acceptors (Lipinski definition) is 7. The molecular weight excluding hydrogens is 487 g/mol. The number of piperidine rings is 1. The molecule has 2 aromatic rings. The van der Waals surface area contributed by atoms with Crippen molar-refractivity contribution in [1.82, 2.24) is 9.88 Å². The average molecular weight is 520 g/mol. The SMILES string of the molecule is CNc1cc(-c2ccc(OCCC3CCN(C(=O)OC(C)(C)C)CC3)c(C(F)(F)F)c2)nc(C#N)c1N. The van der Waals surface area contributed by atoms with Crippen molar-refractivity contribution in [3.05, 3.63) is 35.5 Å². The Kier molecular flexibility index (Phi) is 8.41. The van der Waals surface area contributed by atoms with Gasteiger partial charge in [-0.1, -0.05) is 0 Å². The van der Waals surface area contributed by atoms with Crippen LogP contribution in [0.2, 0.25) is 0 Å². The molecule has 0 aliphatic carbocycles. The minimum Gasteiger partial charge on any atom is -0.493 e. The molecular formula is C26H32F3N5O3. The zero-order chi connectivity index (χ0) is 27.4. The summed E-state index contributed by atoms with van der Waals surface area (Å²) in [6.45, 7) is 6.62. The van der Waals surface area contributed by atoms with Crippen molar-refractivity contribution < 1.29 is 27.4 Å². The second-order valence-corrected chi connectivity index (χ2v) is 9.94. The van der Waals surface area contributed by atoms with Gasteiger partial charge in [-0.25, -0.2) is 9.78 Å². The number of halogens is 3. The average Bonchev–Trinajstić information content (AvgIpc) is 2.83. The Morgan fingerprint density at radius 1 is 1.24 bits per heavy atom. The minimum absolute atomic E-state index is 0.0755. The maximum atomic E-state index is 13.9. The quantitative estimate of drug-likeness (QED) is 0.505. The highest BCUT2D eigenvalue weighted by atomic mass is 19.4. The first-order valence-electron chi connectivity index (χ1n) is 12.0. The number of benzene rings is 1. The van der Waals surface area contributed by atoms with Crippen LogP contribution in [0, 0.1) is 17.2 Å². The van der Waals surface area contributed by atoms with Gasteiger partial charge < -0.3 is 25.4 Å². The molecule has 8 nitrogen and oxygen atoms in total. The highest BCUT2D eigenvalue weighted by Gasteiger charge is 2.35. The third-order valence-electron chi connectivity index (χ3n) is 6.06. The number of nitrogens with one attached hydrogen (secondary N) is 1. The predicted molar refractivity (Wildman–Crippen MR) is 134 cm³/mol. The highest BCUT2D eigenvalue weighted by Crippen LogP contribution is 2.39. The van der Waals surface area contributed by atoms with E-state index in [4.69, 9.17) is 15.2 Å². The molecule has 1 aliphatic heterocycles. The Balaban J connectivity index is 1.67. The van der Waals surface area contributed by atoms with E-state index in [0.29, 0.717) is 25.2 Å². The topological polar surface area (TPSA) is 113 Å². The number of ether oxygens (including phenoxy) is 2. The molecule has 3 rings (SSSR count). The number of carbonyl (C=O) groups excluding carboxylic acids is 1. The standard InChI is InChI=1S/C26H32F3N5O3/c1-25(2,3)37-24(35)34-10-7-16(8-11-34)9-12-36-22-6-5-17(13-18(22)26(27,28)29)19-14-20(32-4)23(31)21(15-30)33-19/h5-6,13-14,16H,7-12,31H2,1-4H3,(H,32,33). The van der Waals surface area contributed by atoms with Crippen LogP contribution in [-0.2, 0) is 10.9 Å². The van der Waals surface area contributed by atoms with E-state index in [0.717, 1.165) is 18.9 Å². The van der Waals surface area contributed by atoms with Crippen molar-refractivity contribution in [2.45, 2.75) is 51.8 Å². The second-order valence-electron chi connectivity index (χ2n) is 9.94. The number of nitriles is 1. The fourth-order valence-corrected chi connectivity index (χ4v) is 4.10. The lowest BCUT2D eigenvalue weighted by Crippen LogP contribution is -2.41. The van der Waals surface area contributed by atoms with Gasteiger partial charge in [0.25, 0.3) is 0 Å². The van der Waals surface area contributed by atoms with Crippen molar-refractivity contribution in [2.75, 3.05) is 37.8 Å². The van der Waals surface area contributed by atoms with Gasteiger partial charge in [0.2, 0.25) is 0 Å². The molecule has 200 valence electrons. The van der Waals surface area contributed by atoms with Crippen LogP contribution in [-0.4, -0.2) is 48.3 Å². The van der Waals surface area contributed by atoms with E-state index in [1.54, 1.807) is 11.9 Å². The van der Waals surface area contributed by atoms with Crippen molar-refractivity contribution >= 4 is 17.5 Å². The number of nitrogens with two attached hydrogens (primary N) is 1. The molecule has 0 saturated carbocycles. The summed E-state index contributed by atoms with van der Waals surface area (Å²) in [5.41, 5.74) is 5.19. The van der Waals surface area contributed by atoms with Crippen LogP contribution < -0.4 is 15.8 Å². The number of pyridine rings is 1. The number of aromatic nitrogens is 1. The van der Waals surface area contributed by atoms with Crippen LogP contribution in [0.4, 0.5) is 29.3 Å². The summed E-state index contributed by atoms with van der Waals surface area (Å²) in [7, 11) is 1.59. The van der Waals surface area contributed by atoms with Gasteiger partial charge in [-0.2, -0.15) is 18.4 Å². The molecule has 0 unspecified atom stereocenters. The van der Waals surface area contributed by atoms with Gasteiger partial charge in [0.15, 0.2) is 5.69 Å². The Labute approximate surface area is 214 Å². The molecule has 1 aromatic heterocycles. The van der Waals surface area contributed by atoms with Crippen LogP contribution in [0.5, 0.6) is 5.75 Å². The normalized spacial score (nSPS) is 14.7. The van der Waals surface area contributed by atoms with Crippen molar-refractivity contribution in [2.24, 2.45) is 5.92 Å². The molecule has 0 bridgehead atoms. The number of rotatable bonds is 6. The first kappa shape index (κ1) is 27.9. The molecule has 0 spiro atoms. The maximum absolute atomic E-state index is 13.9. The van der Waals surface area contributed by atoms with Crippen molar-refractivity contribution in [1.29, 1.82) is 5.26 Å². The van der Waals surface area contributed by atoms with E-state index in [2.05, 4.69) is 10.3 Å². The minimum atomic E-state index is -4.65. The number of carbonyl (C=O) groups is 1. The number of hydrogen-bond donors (Lipinski definition) is 2. The lowest BCUT2D eigenvalue weighted by Gasteiger charge is -2.33. The number of alkyl halides is 3. The number of nitrogens with zero attached hydrogens (tertiary/aromatic N) is 3. The van der Waals surface area contributed by atoms with Crippen LogP contribution in [0.1, 0.15) is 51.3 Å². The Bertz CT molecular complexity index is 1160. The first-order valence-corrected chi connectivity index (χ1v) is 12.0. The van der Waals surface area contributed by atoms with Gasteiger partial charge in [0.1, 0.15) is 17.4 Å². The number of amides is 1. The van der Waals surface area contributed by atoms with Crippen molar-refractivity contribution in [3.63, 3.8) is 0 Å². The summed E-state index contributed by atoms with van der Waals surface area (Å²) >= 11 is 0. The van der Waals surface area contributed by atoms with E-state index in [9.17, 15) is 23.2 Å². The molecule has 1 fully saturated rings. The van der Waals surface area contributed by atoms with Gasteiger partial charge in [0, 0.05) is 25.7 Å². The van der Waals surface area contributed by atoms with Crippen LogP contribution >= 0.6 is 0 Å². The summed E-state index contributed by atoms with van der Waals surface area (Å²) in [6, 6.07) is 7.07. The molecule has 37 heavy (non-hydrogen) atoms. The van der Waals surface area contributed by atoms with Gasteiger partial charge in [-0.3, -0.25) is 0 Å². The lowest BCUT2D eigenvalue weighted by molar-refractivity contribution is -0.138. The summed E-state index contributed by atoms with van der Waals surface area (Å²) in [5.74, 6) is -0.0390. The van der Waals surface area contributed by atoms with Gasteiger partial charge in [0.05, 0.1) is 29.2 Å². The molecule has 11 heteroatoms. The smallest absolute Gasteiger partial charge is 0.419 e. The summed E-state index contributed by atoms with van der Waals surface area (Å²) in [4.78, 5) is 18.0. The van der Waals surface area contributed by atoms with Gasteiger partial charge >= 0.3 is 12.3 Å². The van der Waals surface area contributed by atoms with Crippen LogP contribution in [0.25, 0.3) is 11.3 Å². The Morgan fingerprint density at radius 3 is 2.49 bits per heavy atom. The second kappa shape index (κ2) is 11.2. The zero-order valence-corrected chi connectivity index (χ0v) is 21.4. The van der Waals surface area contributed by atoms with E-state index in [1.807, 2.05) is 26.8 Å². The number of anilines is 2. The number of likely N-dealkylation sites (tertiary alicyclic amines) is 1. The Hall–Kier alpha value is -3.68. The van der Waals surface area contributed by atoms with E-state index >= 15 is 0 Å².